The van der Waals surface area contributed by atoms with Crippen LogP contribution < -0.4 is 20.4 Å². The maximum absolute atomic E-state index is 13.9. The molecule has 8 heterocycles. The summed E-state index contributed by atoms with van der Waals surface area (Å²) in [4.78, 5) is 49.2. The number of piperazine rings is 2. The molecule has 16 heteroatoms. The van der Waals surface area contributed by atoms with E-state index in [9.17, 15) is 18.4 Å². The smallest absolute Gasteiger partial charge is 0.318 e. The van der Waals surface area contributed by atoms with Crippen LogP contribution in [0.15, 0.2) is 85.7 Å². The first-order valence-electron chi connectivity index (χ1n) is 18.7. The fourth-order valence-electron chi connectivity index (χ4n) is 7.36. The maximum Gasteiger partial charge on any atom is 0.318 e. The number of aryl methyl sites for hydroxylation is 2. The van der Waals surface area contributed by atoms with Gasteiger partial charge >= 0.3 is 12.1 Å². The Kier molecular flexibility index (Phi) is 11.2. The number of nitrogens with zero attached hydrogens (tertiary/aromatic N) is 10. The number of anilines is 2. The summed E-state index contributed by atoms with van der Waals surface area (Å²) in [5.41, 5.74) is 6.82. The van der Waals surface area contributed by atoms with Gasteiger partial charge in [-0.2, -0.15) is 0 Å². The second-order valence-electron chi connectivity index (χ2n) is 14.0. The Morgan fingerprint density at radius 2 is 0.982 bits per heavy atom. The summed E-state index contributed by atoms with van der Waals surface area (Å²) in [5, 5.41) is 6.15. The first-order chi connectivity index (χ1) is 27.1. The number of hydrogen-bond acceptors (Lipinski definition) is 8. The van der Waals surface area contributed by atoms with Gasteiger partial charge in [0.1, 0.15) is 11.3 Å². The van der Waals surface area contributed by atoms with Gasteiger partial charge < -0.3 is 30.2 Å². The van der Waals surface area contributed by atoms with Crippen molar-refractivity contribution in [2.24, 2.45) is 0 Å². The molecule has 0 bridgehead atoms. The summed E-state index contributed by atoms with van der Waals surface area (Å²) >= 11 is 0. The first-order valence-corrected chi connectivity index (χ1v) is 18.7. The van der Waals surface area contributed by atoms with E-state index in [1.165, 1.54) is 12.4 Å². The van der Waals surface area contributed by atoms with E-state index in [0.717, 1.165) is 34.1 Å². The van der Waals surface area contributed by atoms with E-state index in [0.29, 0.717) is 63.7 Å². The lowest BCUT2D eigenvalue weighted by atomic mass is 10.2. The number of halogens is 2. The molecule has 2 aliphatic heterocycles. The summed E-state index contributed by atoms with van der Waals surface area (Å²) in [6, 6.07) is 14.6. The third-order valence-corrected chi connectivity index (χ3v) is 10.4. The van der Waals surface area contributed by atoms with E-state index in [-0.39, 0.29) is 35.8 Å². The Bertz CT molecular complexity index is 2150. The van der Waals surface area contributed by atoms with Crippen molar-refractivity contribution in [3.05, 3.63) is 120 Å². The number of carbonyl (C=O) groups excluding carboxylic acids is 2. The van der Waals surface area contributed by atoms with Crippen LogP contribution in [0, 0.1) is 25.5 Å². The van der Waals surface area contributed by atoms with Gasteiger partial charge in [0.05, 0.1) is 35.9 Å². The average molecular weight is 765 g/mol. The van der Waals surface area contributed by atoms with Crippen LogP contribution in [-0.2, 0) is 0 Å². The number of carbonyl (C=O) groups is 2. The van der Waals surface area contributed by atoms with Crippen LogP contribution in [-0.4, -0.2) is 103 Å². The summed E-state index contributed by atoms with van der Waals surface area (Å²) in [7, 11) is 0. The minimum absolute atomic E-state index is 0.114. The molecule has 2 fully saturated rings. The minimum Gasteiger partial charge on any atom is -0.366 e. The molecule has 6 aromatic rings. The van der Waals surface area contributed by atoms with Crippen LogP contribution >= 0.6 is 0 Å². The van der Waals surface area contributed by atoms with Crippen LogP contribution in [0.5, 0.6) is 0 Å². The van der Waals surface area contributed by atoms with Crippen LogP contribution in [0.1, 0.15) is 48.7 Å². The van der Waals surface area contributed by atoms with E-state index in [1.807, 2.05) is 86.3 Å². The molecule has 2 N–H and O–H groups in total. The van der Waals surface area contributed by atoms with E-state index in [4.69, 9.17) is 0 Å². The van der Waals surface area contributed by atoms with Crippen LogP contribution in [0.25, 0.3) is 11.3 Å². The van der Waals surface area contributed by atoms with Gasteiger partial charge in [0.25, 0.3) is 0 Å². The summed E-state index contributed by atoms with van der Waals surface area (Å²) < 4.78 is 31.9. The van der Waals surface area contributed by atoms with Gasteiger partial charge in [0, 0.05) is 99.9 Å². The average Bonchev–Trinajstić information content (AvgIpc) is 3.80. The molecule has 8 rings (SSSR count). The molecular formula is C40H46F2N12O2. The number of nitrogens with one attached hydrogen (secondary N) is 2. The highest BCUT2D eigenvalue weighted by atomic mass is 19.1. The van der Waals surface area contributed by atoms with Crippen molar-refractivity contribution in [3.63, 3.8) is 0 Å². The molecule has 2 atom stereocenters. The monoisotopic (exact) mass is 764 g/mol. The van der Waals surface area contributed by atoms with Crippen LogP contribution in [0.2, 0.25) is 0 Å². The molecule has 0 saturated carbocycles. The molecule has 14 nitrogen and oxygen atoms in total. The van der Waals surface area contributed by atoms with Gasteiger partial charge in [0.15, 0.2) is 11.6 Å². The molecule has 2 aliphatic rings. The Labute approximate surface area is 323 Å². The predicted octanol–water partition coefficient (Wildman–Crippen LogP) is 5.54. The van der Waals surface area contributed by atoms with Crippen molar-refractivity contribution in [1.82, 2.24) is 49.2 Å². The van der Waals surface area contributed by atoms with Gasteiger partial charge in [-0.1, -0.05) is 12.1 Å². The zero-order valence-electron chi connectivity index (χ0n) is 31.9. The van der Waals surface area contributed by atoms with Crippen molar-refractivity contribution < 1.29 is 18.4 Å². The predicted molar refractivity (Wildman–Crippen MR) is 210 cm³/mol. The minimum atomic E-state index is -0.335. The van der Waals surface area contributed by atoms with E-state index in [1.54, 1.807) is 34.3 Å². The standard InChI is InChI=1S/2C20H23FN6O/c2*1-14-12-23-19-5-3-4-17(27(14)19)15(2)24-20(28)26-10-8-25(9-11-26)18-6-7-22-13-16(18)21/h2*3-7,12-13,15H,8-11H2,1-2H3,(H,24,28)/t2*15-/m10/s1. The summed E-state index contributed by atoms with van der Waals surface area (Å²) in [6.07, 6.45) is 9.25. The molecular weight excluding hydrogens is 719 g/mol. The largest absolute Gasteiger partial charge is 0.366 e. The van der Waals surface area contributed by atoms with Crippen molar-refractivity contribution in [2.75, 3.05) is 62.2 Å². The van der Waals surface area contributed by atoms with Crippen molar-refractivity contribution in [2.45, 2.75) is 39.8 Å². The van der Waals surface area contributed by atoms with Crippen molar-refractivity contribution >= 4 is 34.7 Å². The zero-order chi connectivity index (χ0) is 39.3. The maximum atomic E-state index is 13.9. The number of aromatic nitrogens is 6. The van der Waals surface area contributed by atoms with Crippen molar-refractivity contribution in [3.8, 4) is 0 Å². The van der Waals surface area contributed by atoms with Gasteiger partial charge in [-0.3, -0.25) is 18.8 Å². The van der Waals surface area contributed by atoms with Gasteiger partial charge in [-0.15, -0.1) is 0 Å². The fraction of sp³-hybridized carbons (Fsp3) is 0.350. The van der Waals surface area contributed by atoms with Gasteiger partial charge in [-0.25, -0.2) is 28.3 Å². The third-order valence-electron chi connectivity index (χ3n) is 10.4. The van der Waals surface area contributed by atoms with Gasteiger partial charge in [0.2, 0.25) is 0 Å². The molecule has 0 unspecified atom stereocenters. The molecule has 0 aromatic carbocycles. The normalized spacial score (nSPS) is 15.7. The number of rotatable bonds is 6. The second kappa shape index (κ2) is 16.6. The van der Waals surface area contributed by atoms with Gasteiger partial charge in [-0.05, 0) is 64.1 Å². The topological polar surface area (TPSA) is 132 Å². The Balaban J connectivity index is 0.000000172. The van der Waals surface area contributed by atoms with Crippen LogP contribution in [0.3, 0.4) is 0 Å². The van der Waals surface area contributed by atoms with Crippen molar-refractivity contribution in [1.29, 1.82) is 0 Å². The molecule has 0 spiro atoms. The summed E-state index contributed by atoms with van der Waals surface area (Å²) in [6.45, 7) is 12.4. The molecule has 4 amide bonds. The highest BCUT2D eigenvalue weighted by Gasteiger charge is 2.26. The van der Waals surface area contributed by atoms with Crippen LogP contribution in [0.4, 0.5) is 29.7 Å². The fourth-order valence-corrected chi connectivity index (χ4v) is 7.36. The highest BCUT2D eigenvalue weighted by Crippen LogP contribution is 2.23. The number of hydrogen-bond donors (Lipinski definition) is 2. The quantitative estimate of drug-likeness (QED) is 0.226. The number of urea groups is 2. The highest BCUT2D eigenvalue weighted by molar-refractivity contribution is 5.75. The molecule has 6 aromatic heterocycles. The lowest BCUT2D eigenvalue weighted by Crippen LogP contribution is -2.52. The third kappa shape index (κ3) is 8.04. The Morgan fingerprint density at radius 1 is 0.589 bits per heavy atom. The Hall–Kier alpha value is -6.32. The SMILES string of the molecule is Cc1cnc2cccc([C@@H](C)NC(=O)N3CCN(c4ccncc4F)CC3)n12.Cc1cnc2cccc([C@H](C)NC(=O)N3CCN(c4ccncc4F)CC3)n12. The molecule has 0 aliphatic carbocycles. The zero-order valence-corrected chi connectivity index (χ0v) is 31.9. The lowest BCUT2D eigenvalue weighted by molar-refractivity contribution is 0.190. The number of pyridine rings is 4. The number of fused-ring (bicyclic) bond motifs is 2. The number of imidazole rings is 2. The van der Waals surface area contributed by atoms with E-state index < -0.39 is 0 Å². The molecule has 2 saturated heterocycles. The van der Waals surface area contributed by atoms with E-state index >= 15 is 0 Å². The summed E-state index contributed by atoms with van der Waals surface area (Å²) in [5.74, 6) is -0.671. The first kappa shape index (κ1) is 38.0. The molecule has 0 radical (unpaired) electrons. The lowest BCUT2D eigenvalue weighted by Gasteiger charge is -2.36. The second-order valence-corrected chi connectivity index (χ2v) is 14.0. The molecule has 56 heavy (non-hydrogen) atoms. The van der Waals surface area contributed by atoms with E-state index in [2.05, 4.69) is 39.4 Å². The number of amides is 4. The molecule has 292 valence electrons. The Morgan fingerprint density at radius 3 is 1.36 bits per heavy atom.